The molecule has 1 aliphatic carbocycles. The number of rotatable bonds is 3. The Morgan fingerprint density at radius 1 is 1.71 bits per heavy atom. The lowest BCUT2D eigenvalue weighted by molar-refractivity contribution is -0.119. The van der Waals surface area contributed by atoms with E-state index in [0.29, 0.717) is 5.82 Å². The predicted molar refractivity (Wildman–Crippen MR) is 48.2 cm³/mol. The average Bonchev–Trinajstić information content (AvgIpc) is 2.63. The van der Waals surface area contributed by atoms with E-state index in [1.165, 1.54) is 12.5 Å². The molecule has 1 aromatic rings. The van der Waals surface area contributed by atoms with Gasteiger partial charge < -0.3 is 9.84 Å². The lowest BCUT2D eigenvalue weighted by Crippen LogP contribution is -2.51. The highest BCUT2D eigenvalue weighted by Gasteiger charge is 2.43. The molecule has 0 spiro atoms. The van der Waals surface area contributed by atoms with Crippen LogP contribution in [0.5, 0.6) is 0 Å². The van der Waals surface area contributed by atoms with Gasteiger partial charge in [-0.05, 0) is 25.3 Å². The van der Waals surface area contributed by atoms with Gasteiger partial charge in [0.25, 0.3) is 0 Å². The van der Waals surface area contributed by atoms with E-state index in [2.05, 4.69) is 26.6 Å². The minimum Gasteiger partial charge on any atom is -0.343 e. The van der Waals surface area contributed by atoms with Crippen LogP contribution in [-0.4, -0.2) is 16.0 Å². The lowest BCUT2D eigenvalue weighted by atomic mass is 9.76. The van der Waals surface area contributed by atoms with Gasteiger partial charge in [0.05, 0.1) is 0 Å². The summed E-state index contributed by atoms with van der Waals surface area (Å²) in [5.41, 5.74) is -0.418. The Balaban J connectivity index is 2.18. The van der Waals surface area contributed by atoms with Gasteiger partial charge in [0, 0.05) is 0 Å². The third-order valence-corrected chi connectivity index (χ3v) is 2.54. The van der Waals surface area contributed by atoms with Crippen molar-refractivity contribution in [3.8, 4) is 0 Å². The largest absolute Gasteiger partial charge is 0.343 e. The second-order valence-corrected chi connectivity index (χ2v) is 3.38. The molecule has 0 atom stereocenters. The molecule has 0 unspecified atom stereocenters. The summed E-state index contributed by atoms with van der Waals surface area (Å²) in [6, 6.07) is 0. The van der Waals surface area contributed by atoms with Crippen LogP contribution in [0.2, 0.25) is 0 Å². The summed E-state index contributed by atoms with van der Waals surface area (Å²) in [6.07, 6.45) is 5.29. The minimum absolute atomic E-state index is 0.200. The molecule has 0 radical (unpaired) electrons. The molecule has 1 N–H and O–H groups in total. The van der Waals surface area contributed by atoms with Gasteiger partial charge in [0.15, 0.2) is 5.82 Å². The smallest absolute Gasteiger partial charge is 0.244 e. The second kappa shape index (κ2) is 3.25. The van der Waals surface area contributed by atoms with Crippen LogP contribution in [0.15, 0.2) is 23.6 Å². The van der Waals surface area contributed by atoms with Gasteiger partial charge in [-0.1, -0.05) is 11.7 Å². The third kappa shape index (κ3) is 1.30. The van der Waals surface area contributed by atoms with Gasteiger partial charge in [-0.3, -0.25) is 4.79 Å². The Morgan fingerprint density at radius 3 is 2.93 bits per heavy atom. The SMILES string of the molecule is C=CC(=O)NC1(c2ncon2)CCC1. The number of nitrogens with one attached hydrogen (secondary N) is 1. The molecule has 5 heteroatoms. The van der Waals surface area contributed by atoms with E-state index in [4.69, 9.17) is 0 Å². The molecule has 1 saturated carbocycles. The van der Waals surface area contributed by atoms with Gasteiger partial charge in [-0.25, -0.2) is 0 Å². The molecule has 1 fully saturated rings. The maximum absolute atomic E-state index is 11.2. The molecule has 1 aromatic heterocycles. The molecule has 1 heterocycles. The zero-order valence-corrected chi connectivity index (χ0v) is 7.69. The average molecular weight is 193 g/mol. The van der Waals surface area contributed by atoms with Crippen LogP contribution in [0.4, 0.5) is 0 Å². The number of carbonyl (C=O) groups excluding carboxylic acids is 1. The maximum Gasteiger partial charge on any atom is 0.244 e. The molecule has 0 aliphatic heterocycles. The fourth-order valence-corrected chi connectivity index (χ4v) is 1.60. The molecular weight excluding hydrogens is 182 g/mol. The van der Waals surface area contributed by atoms with Crippen molar-refractivity contribution in [1.29, 1.82) is 0 Å². The molecule has 74 valence electrons. The monoisotopic (exact) mass is 193 g/mol. The zero-order valence-electron chi connectivity index (χ0n) is 7.69. The summed E-state index contributed by atoms with van der Waals surface area (Å²) in [5.74, 6) is 0.355. The Hall–Kier alpha value is -1.65. The predicted octanol–water partition coefficient (Wildman–Crippen LogP) is 0.751. The molecular formula is C9H11N3O2. The van der Waals surface area contributed by atoms with Crippen LogP contribution < -0.4 is 5.32 Å². The van der Waals surface area contributed by atoms with Crippen molar-refractivity contribution in [2.75, 3.05) is 0 Å². The number of aromatic nitrogens is 2. The van der Waals surface area contributed by atoms with Crippen LogP contribution in [0.1, 0.15) is 25.1 Å². The van der Waals surface area contributed by atoms with Crippen molar-refractivity contribution in [1.82, 2.24) is 15.5 Å². The molecule has 14 heavy (non-hydrogen) atoms. The Bertz CT molecular complexity index is 341. The second-order valence-electron chi connectivity index (χ2n) is 3.38. The number of nitrogens with zero attached hydrogens (tertiary/aromatic N) is 2. The van der Waals surface area contributed by atoms with Crippen molar-refractivity contribution in [3.63, 3.8) is 0 Å². The fourth-order valence-electron chi connectivity index (χ4n) is 1.60. The van der Waals surface area contributed by atoms with E-state index < -0.39 is 5.54 Å². The molecule has 0 saturated heterocycles. The summed E-state index contributed by atoms with van der Waals surface area (Å²) < 4.78 is 4.67. The van der Waals surface area contributed by atoms with Crippen molar-refractivity contribution in [3.05, 3.63) is 24.9 Å². The van der Waals surface area contributed by atoms with E-state index in [0.717, 1.165) is 19.3 Å². The van der Waals surface area contributed by atoms with Gasteiger partial charge in [-0.2, -0.15) is 4.98 Å². The van der Waals surface area contributed by atoms with E-state index in [9.17, 15) is 4.79 Å². The lowest BCUT2D eigenvalue weighted by Gasteiger charge is -2.39. The Kier molecular flexibility index (Phi) is 2.07. The minimum atomic E-state index is -0.418. The van der Waals surface area contributed by atoms with Crippen molar-refractivity contribution >= 4 is 5.91 Å². The molecule has 0 bridgehead atoms. The third-order valence-electron chi connectivity index (χ3n) is 2.54. The van der Waals surface area contributed by atoms with Gasteiger partial charge in [0.2, 0.25) is 12.3 Å². The highest BCUT2D eigenvalue weighted by molar-refractivity contribution is 5.87. The molecule has 5 nitrogen and oxygen atoms in total. The first kappa shape index (κ1) is 8.93. The van der Waals surface area contributed by atoms with Crippen LogP contribution in [0, 0.1) is 0 Å². The van der Waals surface area contributed by atoms with E-state index >= 15 is 0 Å². The van der Waals surface area contributed by atoms with E-state index in [1.807, 2.05) is 0 Å². The number of amides is 1. The number of carbonyl (C=O) groups is 1. The molecule has 1 amide bonds. The normalized spacial score (nSPS) is 18.3. The summed E-state index contributed by atoms with van der Waals surface area (Å²) >= 11 is 0. The molecule has 0 aromatic carbocycles. The fraction of sp³-hybridized carbons (Fsp3) is 0.444. The van der Waals surface area contributed by atoms with Crippen molar-refractivity contribution in [2.24, 2.45) is 0 Å². The summed E-state index contributed by atoms with van der Waals surface area (Å²) in [4.78, 5) is 15.2. The van der Waals surface area contributed by atoms with E-state index in [1.54, 1.807) is 0 Å². The number of hydrogen-bond acceptors (Lipinski definition) is 4. The Labute approximate surface area is 81.2 Å². The summed E-state index contributed by atoms with van der Waals surface area (Å²) in [7, 11) is 0. The van der Waals surface area contributed by atoms with Crippen molar-refractivity contribution in [2.45, 2.75) is 24.8 Å². The topological polar surface area (TPSA) is 68.0 Å². The first-order valence-corrected chi connectivity index (χ1v) is 4.48. The Morgan fingerprint density at radius 2 is 2.50 bits per heavy atom. The van der Waals surface area contributed by atoms with Crippen LogP contribution in [-0.2, 0) is 10.3 Å². The summed E-state index contributed by atoms with van der Waals surface area (Å²) in [5, 5.41) is 6.60. The van der Waals surface area contributed by atoms with Gasteiger partial charge in [0.1, 0.15) is 5.54 Å². The van der Waals surface area contributed by atoms with Gasteiger partial charge >= 0.3 is 0 Å². The van der Waals surface area contributed by atoms with Gasteiger partial charge in [-0.15, -0.1) is 0 Å². The molecule has 2 rings (SSSR count). The van der Waals surface area contributed by atoms with E-state index in [-0.39, 0.29) is 5.91 Å². The summed E-state index contributed by atoms with van der Waals surface area (Å²) in [6.45, 7) is 3.41. The van der Waals surface area contributed by atoms with Crippen LogP contribution in [0.25, 0.3) is 0 Å². The highest BCUT2D eigenvalue weighted by atomic mass is 16.5. The standard InChI is InChI=1S/C9H11N3O2/c1-2-7(13)11-9(4-3-5-9)8-10-6-14-12-8/h2,6H,1,3-5H2,(H,11,13). The maximum atomic E-state index is 11.2. The molecule has 1 aliphatic rings. The quantitative estimate of drug-likeness (QED) is 0.719. The van der Waals surface area contributed by atoms with Crippen LogP contribution >= 0.6 is 0 Å². The van der Waals surface area contributed by atoms with Crippen LogP contribution in [0.3, 0.4) is 0 Å². The number of hydrogen-bond donors (Lipinski definition) is 1. The zero-order chi connectivity index (χ0) is 10.0. The highest BCUT2D eigenvalue weighted by Crippen LogP contribution is 2.39. The van der Waals surface area contributed by atoms with Crippen molar-refractivity contribution < 1.29 is 9.32 Å². The first-order chi connectivity index (χ1) is 6.77. The first-order valence-electron chi connectivity index (χ1n) is 4.48.